The lowest BCUT2D eigenvalue weighted by Crippen LogP contribution is -2.35. The average molecular weight is 240 g/mol. The first-order valence-corrected chi connectivity index (χ1v) is 4.95. The molecular formula is C10H9FN2O4. The van der Waals surface area contributed by atoms with Crippen molar-refractivity contribution < 1.29 is 18.8 Å². The number of ether oxygens (including phenoxy) is 1. The Morgan fingerprint density at radius 2 is 2.29 bits per heavy atom. The van der Waals surface area contributed by atoms with Crippen LogP contribution in [0.3, 0.4) is 0 Å². The lowest BCUT2D eigenvalue weighted by molar-refractivity contribution is -0.385. The van der Waals surface area contributed by atoms with Crippen molar-refractivity contribution in [2.75, 3.05) is 6.61 Å². The lowest BCUT2D eigenvalue weighted by Gasteiger charge is -2.23. The standard InChI is InChI=1S/C10H9FN2O4/c11-8-2-1-6(13(15)16)5-7(8)9-3-4-17-10(14)12-9/h1-2,5,9H,3-4H2,(H,12,14)/t9-/m1/s1. The van der Waals surface area contributed by atoms with Crippen LogP contribution in [0.15, 0.2) is 18.2 Å². The zero-order valence-corrected chi connectivity index (χ0v) is 8.68. The number of nitro groups is 1. The molecule has 1 amide bonds. The summed E-state index contributed by atoms with van der Waals surface area (Å²) in [5.41, 5.74) is -0.0991. The molecular weight excluding hydrogens is 231 g/mol. The zero-order valence-electron chi connectivity index (χ0n) is 8.68. The Kier molecular flexibility index (Phi) is 2.90. The number of nitrogens with one attached hydrogen (secondary N) is 1. The number of alkyl carbamates (subject to hydrolysis) is 1. The Morgan fingerprint density at radius 1 is 1.53 bits per heavy atom. The third-order valence-electron chi connectivity index (χ3n) is 2.50. The van der Waals surface area contributed by atoms with Crippen molar-refractivity contribution in [1.82, 2.24) is 5.32 Å². The maximum absolute atomic E-state index is 13.5. The van der Waals surface area contributed by atoms with E-state index in [0.29, 0.717) is 6.42 Å². The Balaban J connectivity index is 2.33. The molecule has 90 valence electrons. The molecule has 0 radical (unpaired) electrons. The summed E-state index contributed by atoms with van der Waals surface area (Å²) in [5, 5.41) is 13.0. The molecule has 1 aliphatic rings. The monoisotopic (exact) mass is 240 g/mol. The zero-order chi connectivity index (χ0) is 12.4. The van der Waals surface area contributed by atoms with E-state index in [-0.39, 0.29) is 17.9 Å². The summed E-state index contributed by atoms with van der Waals surface area (Å²) in [5.74, 6) is -0.581. The highest BCUT2D eigenvalue weighted by Gasteiger charge is 2.25. The van der Waals surface area contributed by atoms with Gasteiger partial charge in [0.2, 0.25) is 0 Å². The Labute approximate surface area is 95.5 Å². The van der Waals surface area contributed by atoms with Crippen LogP contribution in [0.5, 0.6) is 0 Å². The minimum atomic E-state index is -0.646. The molecule has 1 aromatic rings. The molecule has 6 nitrogen and oxygen atoms in total. The lowest BCUT2D eigenvalue weighted by atomic mass is 10.0. The molecule has 1 fully saturated rings. The second-order valence-corrected chi connectivity index (χ2v) is 3.58. The van der Waals surface area contributed by atoms with Gasteiger partial charge in [0, 0.05) is 24.1 Å². The molecule has 0 aliphatic carbocycles. The average Bonchev–Trinajstić information content (AvgIpc) is 2.29. The van der Waals surface area contributed by atoms with Gasteiger partial charge in [0.05, 0.1) is 17.6 Å². The molecule has 2 rings (SSSR count). The van der Waals surface area contributed by atoms with Gasteiger partial charge in [0.25, 0.3) is 5.69 Å². The van der Waals surface area contributed by atoms with Crippen molar-refractivity contribution in [3.05, 3.63) is 39.7 Å². The molecule has 17 heavy (non-hydrogen) atoms. The molecule has 0 bridgehead atoms. The number of nitrogens with zero attached hydrogens (tertiary/aromatic N) is 1. The largest absolute Gasteiger partial charge is 0.449 e. The van der Waals surface area contributed by atoms with Gasteiger partial charge in [0.1, 0.15) is 5.82 Å². The summed E-state index contributed by atoms with van der Waals surface area (Å²) in [4.78, 5) is 21.0. The van der Waals surface area contributed by atoms with Crippen LogP contribution in [-0.4, -0.2) is 17.6 Å². The van der Waals surface area contributed by atoms with E-state index in [9.17, 15) is 19.3 Å². The maximum atomic E-state index is 13.5. The Bertz CT molecular complexity index is 477. The van der Waals surface area contributed by atoms with E-state index in [4.69, 9.17) is 0 Å². The van der Waals surface area contributed by atoms with Crippen LogP contribution in [-0.2, 0) is 4.74 Å². The first-order chi connectivity index (χ1) is 8.08. The fourth-order valence-electron chi connectivity index (χ4n) is 1.67. The van der Waals surface area contributed by atoms with Crippen LogP contribution >= 0.6 is 0 Å². The van der Waals surface area contributed by atoms with E-state index in [1.807, 2.05) is 0 Å². The van der Waals surface area contributed by atoms with E-state index in [2.05, 4.69) is 10.1 Å². The quantitative estimate of drug-likeness (QED) is 0.632. The summed E-state index contributed by atoms with van der Waals surface area (Å²) in [7, 11) is 0. The van der Waals surface area contributed by atoms with Crippen molar-refractivity contribution in [3.8, 4) is 0 Å². The smallest absolute Gasteiger partial charge is 0.407 e. The maximum Gasteiger partial charge on any atom is 0.407 e. The number of halogens is 1. The summed E-state index contributed by atoms with van der Waals surface area (Å²) in [6.07, 6.45) is -0.267. The summed E-state index contributed by atoms with van der Waals surface area (Å²) in [6.45, 7) is 0.165. The molecule has 1 N–H and O–H groups in total. The minimum Gasteiger partial charge on any atom is -0.449 e. The molecule has 0 saturated carbocycles. The molecule has 1 saturated heterocycles. The second kappa shape index (κ2) is 4.36. The van der Waals surface area contributed by atoms with Crippen molar-refractivity contribution in [2.45, 2.75) is 12.5 Å². The fourth-order valence-corrected chi connectivity index (χ4v) is 1.67. The van der Waals surface area contributed by atoms with Crippen LogP contribution in [0.4, 0.5) is 14.9 Å². The molecule has 7 heteroatoms. The number of cyclic esters (lactones) is 1. The molecule has 1 aromatic carbocycles. The number of benzene rings is 1. The first-order valence-electron chi connectivity index (χ1n) is 4.95. The first kappa shape index (κ1) is 11.3. The molecule has 0 aromatic heterocycles. The van der Waals surface area contributed by atoms with Crippen LogP contribution < -0.4 is 5.32 Å². The number of hydrogen-bond acceptors (Lipinski definition) is 4. The highest BCUT2D eigenvalue weighted by Crippen LogP contribution is 2.26. The van der Waals surface area contributed by atoms with Gasteiger partial charge in [-0.1, -0.05) is 0 Å². The highest BCUT2D eigenvalue weighted by molar-refractivity contribution is 5.68. The number of carbonyl (C=O) groups excluding carboxylic acids is 1. The highest BCUT2D eigenvalue weighted by atomic mass is 19.1. The topological polar surface area (TPSA) is 81.5 Å². The number of non-ortho nitro benzene ring substituents is 1. The minimum absolute atomic E-state index is 0.107. The van der Waals surface area contributed by atoms with Gasteiger partial charge in [-0.15, -0.1) is 0 Å². The number of amides is 1. The fraction of sp³-hybridized carbons (Fsp3) is 0.300. The van der Waals surface area contributed by atoms with Crippen molar-refractivity contribution in [1.29, 1.82) is 0 Å². The molecule has 0 spiro atoms. The van der Waals surface area contributed by atoms with Gasteiger partial charge in [-0.3, -0.25) is 10.1 Å². The van der Waals surface area contributed by atoms with Gasteiger partial charge < -0.3 is 10.1 Å². The summed E-state index contributed by atoms with van der Waals surface area (Å²) in [6, 6.07) is 2.65. The van der Waals surface area contributed by atoms with Crippen molar-refractivity contribution in [2.24, 2.45) is 0 Å². The number of rotatable bonds is 2. The van der Waals surface area contributed by atoms with Gasteiger partial charge in [-0.2, -0.15) is 0 Å². The van der Waals surface area contributed by atoms with Gasteiger partial charge in [-0.25, -0.2) is 9.18 Å². The van der Waals surface area contributed by atoms with Crippen LogP contribution in [0.1, 0.15) is 18.0 Å². The SMILES string of the molecule is O=C1N[C@@H](c2cc([N+](=O)[O-])ccc2F)CCO1. The Morgan fingerprint density at radius 3 is 2.94 bits per heavy atom. The molecule has 1 atom stereocenters. The van der Waals surface area contributed by atoms with Gasteiger partial charge in [0.15, 0.2) is 0 Å². The number of nitro benzene ring substituents is 1. The van der Waals surface area contributed by atoms with Crippen LogP contribution in [0, 0.1) is 15.9 Å². The van der Waals surface area contributed by atoms with E-state index in [1.54, 1.807) is 0 Å². The van der Waals surface area contributed by atoms with Gasteiger partial charge in [-0.05, 0) is 6.07 Å². The second-order valence-electron chi connectivity index (χ2n) is 3.58. The molecule has 1 heterocycles. The van der Waals surface area contributed by atoms with Crippen LogP contribution in [0.2, 0.25) is 0 Å². The van der Waals surface area contributed by atoms with Crippen LogP contribution in [0.25, 0.3) is 0 Å². The van der Waals surface area contributed by atoms with E-state index >= 15 is 0 Å². The third kappa shape index (κ3) is 2.32. The summed E-state index contributed by atoms with van der Waals surface area (Å²) >= 11 is 0. The van der Waals surface area contributed by atoms with E-state index in [1.165, 1.54) is 0 Å². The molecule has 0 unspecified atom stereocenters. The summed E-state index contributed by atoms with van der Waals surface area (Å²) < 4.78 is 18.2. The molecule has 1 aliphatic heterocycles. The predicted molar refractivity (Wildman–Crippen MR) is 54.9 cm³/mol. The third-order valence-corrected chi connectivity index (χ3v) is 2.50. The number of carbonyl (C=O) groups is 1. The van der Waals surface area contributed by atoms with Gasteiger partial charge >= 0.3 is 6.09 Å². The van der Waals surface area contributed by atoms with E-state index in [0.717, 1.165) is 18.2 Å². The normalized spacial score (nSPS) is 19.4. The van der Waals surface area contributed by atoms with Crippen molar-refractivity contribution >= 4 is 11.8 Å². The van der Waals surface area contributed by atoms with Crippen molar-refractivity contribution in [3.63, 3.8) is 0 Å². The Hall–Kier alpha value is -2.18. The predicted octanol–water partition coefficient (Wildman–Crippen LogP) is 1.90. The number of hydrogen-bond donors (Lipinski definition) is 1. The van der Waals surface area contributed by atoms with E-state index < -0.39 is 22.9 Å².